The Labute approximate surface area is 110 Å². The monoisotopic (exact) mass is 300 g/mol. The van der Waals surface area contributed by atoms with Gasteiger partial charge in [0, 0.05) is 20.7 Å². The van der Waals surface area contributed by atoms with E-state index in [1.54, 1.807) is 0 Å². The predicted octanol–water partition coefficient (Wildman–Crippen LogP) is 3.87. The molecule has 2 nitrogen and oxygen atoms in total. The molecule has 88 valence electrons. The van der Waals surface area contributed by atoms with Crippen LogP contribution in [0, 0.1) is 11.3 Å². The van der Waals surface area contributed by atoms with E-state index in [1.807, 2.05) is 30.0 Å². The van der Waals surface area contributed by atoms with E-state index >= 15 is 0 Å². The fourth-order valence-electron chi connectivity index (χ4n) is 1.14. The van der Waals surface area contributed by atoms with E-state index < -0.39 is 0 Å². The van der Waals surface area contributed by atoms with Gasteiger partial charge in [0.1, 0.15) is 5.84 Å². The number of halogens is 1. The maximum atomic E-state index is 7.35. The molecule has 1 rings (SSSR count). The first-order chi connectivity index (χ1) is 7.54. The molecule has 3 N–H and O–H groups in total. The number of nitrogen functional groups attached to an aromatic ring is 1. The van der Waals surface area contributed by atoms with Gasteiger partial charge >= 0.3 is 0 Å². The normalized spacial score (nSPS) is 12.4. The molecule has 0 aliphatic carbocycles. The van der Waals surface area contributed by atoms with Crippen LogP contribution in [-0.2, 0) is 0 Å². The summed E-state index contributed by atoms with van der Waals surface area (Å²) in [6.45, 7) is 4.46. The molecular formula is C12H17BrN2S. The van der Waals surface area contributed by atoms with Crippen molar-refractivity contribution in [1.29, 1.82) is 5.41 Å². The van der Waals surface area contributed by atoms with Crippen molar-refractivity contribution in [3.05, 3.63) is 28.2 Å². The lowest BCUT2D eigenvalue weighted by atomic mass is 10.2. The molecule has 1 aromatic rings. The Morgan fingerprint density at radius 3 is 2.75 bits per heavy atom. The van der Waals surface area contributed by atoms with E-state index in [-0.39, 0.29) is 5.84 Å². The zero-order valence-electron chi connectivity index (χ0n) is 9.59. The minimum Gasteiger partial charge on any atom is -0.384 e. The summed E-state index contributed by atoms with van der Waals surface area (Å²) in [6.07, 6.45) is 1.20. The largest absolute Gasteiger partial charge is 0.384 e. The average molecular weight is 301 g/mol. The Morgan fingerprint density at radius 1 is 1.56 bits per heavy atom. The third kappa shape index (κ3) is 3.83. The van der Waals surface area contributed by atoms with Crippen molar-refractivity contribution in [1.82, 2.24) is 0 Å². The molecule has 0 aromatic heterocycles. The van der Waals surface area contributed by atoms with Gasteiger partial charge in [-0.25, -0.2) is 0 Å². The van der Waals surface area contributed by atoms with Crippen molar-refractivity contribution in [2.24, 2.45) is 11.7 Å². The zero-order valence-corrected chi connectivity index (χ0v) is 12.0. The number of hydrogen-bond acceptors (Lipinski definition) is 2. The van der Waals surface area contributed by atoms with Gasteiger partial charge in [0.25, 0.3) is 0 Å². The smallest absolute Gasteiger partial charge is 0.122 e. The topological polar surface area (TPSA) is 49.9 Å². The van der Waals surface area contributed by atoms with E-state index in [1.165, 1.54) is 11.3 Å². The third-order valence-electron chi connectivity index (χ3n) is 2.46. The van der Waals surface area contributed by atoms with E-state index in [0.717, 1.165) is 21.7 Å². The highest BCUT2D eigenvalue weighted by atomic mass is 79.9. The van der Waals surface area contributed by atoms with Crippen LogP contribution in [0.1, 0.15) is 25.8 Å². The van der Waals surface area contributed by atoms with Crippen LogP contribution in [0.2, 0.25) is 0 Å². The van der Waals surface area contributed by atoms with Crippen molar-refractivity contribution in [3.8, 4) is 0 Å². The fourth-order valence-corrected chi connectivity index (χ4v) is 2.92. The molecule has 0 aliphatic heterocycles. The standard InChI is InChI=1S/C12H17BrN2S/c1-3-8(2)7-16-11-5-4-9(12(14)15)6-10(11)13/h4-6,8H,3,7H2,1-2H3,(H3,14,15). The lowest BCUT2D eigenvalue weighted by molar-refractivity contribution is 0.637. The first-order valence-electron chi connectivity index (χ1n) is 5.31. The van der Waals surface area contributed by atoms with Gasteiger partial charge < -0.3 is 5.73 Å². The number of nitrogens with two attached hydrogens (primary N) is 1. The predicted molar refractivity (Wildman–Crippen MR) is 75.3 cm³/mol. The number of nitrogens with one attached hydrogen (secondary N) is 1. The molecule has 1 unspecified atom stereocenters. The number of amidine groups is 1. The van der Waals surface area contributed by atoms with E-state index in [9.17, 15) is 0 Å². The van der Waals surface area contributed by atoms with Crippen LogP contribution in [0.3, 0.4) is 0 Å². The molecule has 0 aliphatic rings. The molecule has 1 atom stereocenters. The lowest BCUT2D eigenvalue weighted by Gasteiger charge is -2.10. The minimum atomic E-state index is 0.110. The molecule has 0 saturated carbocycles. The van der Waals surface area contributed by atoms with Crippen LogP contribution in [0.5, 0.6) is 0 Å². The van der Waals surface area contributed by atoms with Crippen LogP contribution in [0.15, 0.2) is 27.6 Å². The molecule has 16 heavy (non-hydrogen) atoms. The minimum absolute atomic E-state index is 0.110. The highest BCUT2D eigenvalue weighted by Crippen LogP contribution is 2.30. The van der Waals surface area contributed by atoms with Crippen molar-refractivity contribution < 1.29 is 0 Å². The first-order valence-corrected chi connectivity index (χ1v) is 7.09. The number of benzene rings is 1. The molecule has 0 bridgehead atoms. The average Bonchev–Trinajstić information content (AvgIpc) is 2.26. The van der Waals surface area contributed by atoms with Gasteiger partial charge in [0.05, 0.1) is 0 Å². The highest BCUT2D eigenvalue weighted by molar-refractivity contribution is 9.10. The summed E-state index contributed by atoms with van der Waals surface area (Å²) >= 11 is 5.36. The van der Waals surface area contributed by atoms with Gasteiger partial charge in [0.15, 0.2) is 0 Å². The van der Waals surface area contributed by atoms with Gasteiger partial charge in [-0.2, -0.15) is 0 Å². The molecule has 0 radical (unpaired) electrons. The fraction of sp³-hybridized carbons (Fsp3) is 0.417. The molecule has 1 aromatic carbocycles. The van der Waals surface area contributed by atoms with Gasteiger partial charge in [0.2, 0.25) is 0 Å². The first kappa shape index (κ1) is 13.6. The lowest BCUT2D eigenvalue weighted by Crippen LogP contribution is -2.10. The maximum Gasteiger partial charge on any atom is 0.122 e. The van der Waals surface area contributed by atoms with Crippen molar-refractivity contribution in [3.63, 3.8) is 0 Å². The molecule has 0 saturated heterocycles. The Balaban J connectivity index is 2.72. The Hall–Kier alpha value is -0.480. The van der Waals surface area contributed by atoms with E-state index in [0.29, 0.717) is 0 Å². The van der Waals surface area contributed by atoms with Crippen LogP contribution < -0.4 is 5.73 Å². The maximum absolute atomic E-state index is 7.35. The summed E-state index contributed by atoms with van der Waals surface area (Å²) in [6, 6.07) is 5.82. The molecule has 0 spiro atoms. The summed E-state index contributed by atoms with van der Waals surface area (Å²) in [5.74, 6) is 1.96. The Morgan fingerprint density at radius 2 is 2.25 bits per heavy atom. The Kier molecular flexibility index (Phi) is 5.35. The SMILES string of the molecule is CCC(C)CSc1ccc(C(=N)N)cc1Br. The van der Waals surface area contributed by atoms with Gasteiger partial charge in [-0.3, -0.25) is 5.41 Å². The summed E-state index contributed by atoms with van der Waals surface area (Å²) < 4.78 is 1.02. The van der Waals surface area contributed by atoms with Crippen molar-refractivity contribution in [2.45, 2.75) is 25.2 Å². The van der Waals surface area contributed by atoms with Crippen molar-refractivity contribution in [2.75, 3.05) is 5.75 Å². The molecule has 0 amide bonds. The summed E-state index contributed by atoms with van der Waals surface area (Å²) in [7, 11) is 0. The van der Waals surface area contributed by atoms with Crippen LogP contribution >= 0.6 is 27.7 Å². The Bertz CT molecular complexity index is 379. The summed E-state index contributed by atoms with van der Waals surface area (Å²) in [5.41, 5.74) is 6.20. The number of thioether (sulfide) groups is 1. The molecule has 0 heterocycles. The van der Waals surface area contributed by atoms with Gasteiger partial charge in [-0.15, -0.1) is 11.8 Å². The second-order valence-corrected chi connectivity index (χ2v) is 5.80. The second kappa shape index (κ2) is 6.30. The van der Waals surface area contributed by atoms with Crippen LogP contribution in [0.4, 0.5) is 0 Å². The molecule has 0 fully saturated rings. The summed E-state index contributed by atoms with van der Waals surface area (Å²) in [5, 5.41) is 7.35. The zero-order chi connectivity index (χ0) is 12.1. The number of rotatable bonds is 5. The molecule has 4 heteroatoms. The second-order valence-electron chi connectivity index (χ2n) is 3.88. The molecular weight excluding hydrogens is 284 g/mol. The summed E-state index contributed by atoms with van der Waals surface area (Å²) in [4.78, 5) is 1.21. The van der Waals surface area contributed by atoms with Gasteiger partial charge in [-0.05, 0) is 34.0 Å². The highest BCUT2D eigenvalue weighted by Gasteiger charge is 2.06. The van der Waals surface area contributed by atoms with Crippen LogP contribution in [0.25, 0.3) is 0 Å². The van der Waals surface area contributed by atoms with Crippen LogP contribution in [-0.4, -0.2) is 11.6 Å². The van der Waals surface area contributed by atoms with Crippen molar-refractivity contribution >= 4 is 33.5 Å². The quantitative estimate of drug-likeness (QED) is 0.493. The van der Waals surface area contributed by atoms with E-state index in [2.05, 4.69) is 29.8 Å². The van der Waals surface area contributed by atoms with Gasteiger partial charge in [-0.1, -0.05) is 26.3 Å². The third-order valence-corrected chi connectivity index (χ3v) is 4.78. The van der Waals surface area contributed by atoms with E-state index in [4.69, 9.17) is 11.1 Å². The number of hydrogen-bond donors (Lipinski definition) is 2.